The van der Waals surface area contributed by atoms with Crippen LogP contribution in [0.15, 0.2) is 41.3 Å². The molecule has 1 aliphatic rings. The van der Waals surface area contributed by atoms with E-state index in [0.717, 1.165) is 22.2 Å². The van der Waals surface area contributed by atoms with Crippen molar-refractivity contribution in [2.75, 3.05) is 19.6 Å². The SMILES string of the molecule is C=C(C)CNC(=S)NCCN1C(=O)S/C(=C\c2ccc(F)cc2)C1=O. The molecule has 1 saturated heterocycles. The molecular weight excluding hydrogens is 361 g/mol. The predicted molar refractivity (Wildman–Crippen MR) is 102 cm³/mol. The Balaban J connectivity index is 1.89. The van der Waals surface area contributed by atoms with Crippen LogP contribution in [0.5, 0.6) is 0 Å². The minimum absolute atomic E-state index is 0.209. The Hall–Kier alpha value is -2.19. The van der Waals surface area contributed by atoms with Crippen LogP contribution in [0.4, 0.5) is 9.18 Å². The first kappa shape index (κ1) is 19.1. The van der Waals surface area contributed by atoms with Crippen LogP contribution in [-0.4, -0.2) is 40.8 Å². The van der Waals surface area contributed by atoms with Gasteiger partial charge in [0.25, 0.3) is 11.1 Å². The van der Waals surface area contributed by atoms with Gasteiger partial charge in [0.05, 0.1) is 4.91 Å². The number of hydrogen-bond acceptors (Lipinski definition) is 4. The molecule has 5 nitrogen and oxygen atoms in total. The summed E-state index contributed by atoms with van der Waals surface area (Å²) in [5.41, 5.74) is 1.61. The number of amides is 2. The number of benzene rings is 1. The summed E-state index contributed by atoms with van der Waals surface area (Å²) in [7, 11) is 0. The van der Waals surface area contributed by atoms with E-state index in [-0.39, 0.29) is 23.5 Å². The highest BCUT2D eigenvalue weighted by molar-refractivity contribution is 8.18. The van der Waals surface area contributed by atoms with E-state index < -0.39 is 0 Å². The van der Waals surface area contributed by atoms with Crippen LogP contribution in [-0.2, 0) is 4.79 Å². The minimum Gasteiger partial charge on any atom is -0.361 e. The molecule has 2 N–H and O–H groups in total. The molecule has 1 aromatic rings. The maximum atomic E-state index is 12.9. The van der Waals surface area contributed by atoms with E-state index in [1.165, 1.54) is 12.1 Å². The molecule has 1 aromatic carbocycles. The lowest BCUT2D eigenvalue weighted by atomic mass is 10.2. The van der Waals surface area contributed by atoms with Crippen molar-refractivity contribution < 1.29 is 14.0 Å². The Kier molecular flexibility index (Phi) is 6.72. The number of nitrogens with zero attached hydrogens (tertiary/aromatic N) is 1. The van der Waals surface area contributed by atoms with Crippen LogP contribution in [0.25, 0.3) is 6.08 Å². The molecule has 0 aliphatic carbocycles. The molecule has 1 aliphatic heterocycles. The number of halogens is 1. The third-order valence-corrected chi connectivity index (χ3v) is 4.41. The first-order valence-corrected chi connectivity index (χ1v) is 8.76. The molecule has 0 bridgehead atoms. The van der Waals surface area contributed by atoms with Gasteiger partial charge in [0.15, 0.2) is 5.11 Å². The highest BCUT2D eigenvalue weighted by Crippen LogP contribution is 2.31. The average molecular weight is 379 g/mol. The Labute approximate surface area is 155 Å². The lowest BCUT2D eigenvalue weighted by Gasteiger charge is -2.14. The number of thiocarbonyl (C=S) groups is 1. The van der Waals surface area contributed by atoms with Crippen LogP contribution in [0.3, 0.4) is 0 Å². The second kappa shape index (κ2) is 8.77. The molecule has 1 fully saturated rings. The Morgan fingerprint density at radius 3 is 2.64 bits per heavy atom. The molecule has 0 unspecified atom stereocenters. The third-order valence-electron chi connectivity index (χ3n) is 3.21. The fourth-order valence-corrected chi connectivity index (χ4v) is 3.02. The molecule has 0 radical (unpaired) electrons. The normalized spacial score (nSPS) is 15.6. The zero-order valence-corrected chi connectivity index (χ0v) is 15.3. The number of carbonyl (C=O) groups excluding carboxylic acids is 2. The zero-order valence-electron chi connectivity index (χ0n) is 13.7. The van der Waals surface area contributed by atoms with Crippen molar-refractivity contribution in [1.29, 1.82) is 0 Å². The summed E-state index contributed by atoms with van der Waals surface area (Å²) in [5, 5.41) is 6.01. The molecule has 1 heterocycles. The standard InChI is InChI=1S/C17H18FN3O2S2/c1-11(2)10-20-16(24)19-7-8-21-15(22)14(25-17(21)23)9-12-3-5-13(18)6-4-12/h3-6,9H,1,7-8,10H2,2H3,(H2,19,20,24)/b14-9-. The van der Waals surface area contributed by atoms with Gasteiger partial charge in [-0.3, -0.25) is 14.5 Å². The van der Waals surface area contributed by atoms with Crippen LogP contribution in [0.1, 0.15) is 12.5 Å². The van der Waals surface area contributed by atoms with Gasteiger partial charge < -0.3 is 10.6 Å². The molecule has 2 amide bonds. The van der Waals surface area contributed by atoms with Gasteiger partial charge in [-0.05, 0) is 54.7 Å². The average Bonchev–Trinajstić information content (AvgIpc) is 2.82. The summed E-state index contributed by atoms with van der Waals surface area (Å²) >= 11 is 5.96. The van der Waals surface area contributed by atoms with Crippen molar-refractivity contribution in [3.63, 3.8) is 0 Å². The lowest BCUT2D eigenvalue weighted by Crippen LogP contribution is -2.41. The molecule has 25 heavy (non-hydrogen) atoms. The van der Waals surface area contributed by atoms with E-state index >= 15 is 0 Å². The minimum atomic E-state index is -0.359. The maximum absolute atomic E-state index is 12.9. The predicted octanol–water partition coefficient (Wildman–Crippen LogP) is 2.90. The first-order valence-electron chi connectivity index (χ1n) is 7.54. The van der Waals surface area contributed by atoms with Gasteiger partial charge in [-0.1, -0.05) is 24.3 Å². The maximum Gasteiger partial charge on any atom is 0.293 e. The number of hydrogen-bond donors (Lipinski definition) is 2. The van der Waals surface area contributed by atoms with E-state index in [1.807, 2.05) is 6.92 Å². The molecule has 2 rings (SSSR count). The van der Waals surface area contributed by atoms with Gasteiger partial charge in [-0.25, -0.2) is 4.39 Å². The van der Waals surface area contributed by atoms with E-state index in [4.69, 9.17) is 12.2 Å². The van der Waals surface area contributed by atoms with Crippen LogP contribution < -0.4 is 10.6 Å². The van der Waals surface area contributed by atoms with Gasteiger partial charge in [-0.15, -0.1) is 0 Å². The molecule has 132 valence electrons. The summed E-state index contributed by atoms with van der Waals surface area (Å²) in [4.78, 5) is 25.8. The fraction of sp³-hybridized carbons (Fsp3) is 0.235. The number of nitrogens with one attached hydrogen (secondary N) is 2. The van der Waals surface area contributed by atoms with Crippen molar-refractivity contribution in [3.8, 4) is 0 Å². The largest absolute Gasteiger partial charge is 0.361 e. The summed E-state index contributed by atoms with van der Waals surface area (Å²) in [5.74, 6) is -0.713. The second-order valence-corrected chi connectivity index (χ2v) is 6.85. The van der Waals surface area contributed by atoms with Gasteiger partial charge in [0, 0.05) is 19.6 Å². The van der Waals surface area contributed by atoms with Crippen LogP contribution in [0.2, 0.25) is 0 Å². The summed E-state index contributed by atoms with van der Waals surface area (Å²) < 4.78 is 12.9. The van der Waals surface area contributed by atoms with Gasteiger partial charge >= 0.3 is 0 Å². The summed E-state index contributed by atoms with van der Waals surface area (Å²) in [6, 6.07) is 5.71. The quantitative estimate of drug-likeness (QED) is 0.450. The summed E-state index contributed by atoms with van der Waals surface area (Å²) in [6.07, 6.45) is 1.58. The zero-order chi connectivity index (χ0) is 18.4. The third kappa shape index (κ3) is 5.68. The van der Waals surface area contributed by atoms with Crippen molar-refractivity contribution in [1.82, 2.24) is 15.5 Å². The van der Waals surface area contributed by atoms with Crippen molar-refractivity contribution in [2.24, 2.45) is 0 Å². The Bertz CT molecular complexity index is 732. The van der Waals surface area contributed by atoms with Crippen molar-refractivity contribution in [3.05, 3.63) is 52.7 Å². The highest BCUT2D eigenvalue weighted by atomic mass is 32.2. The Morgan fingerprint density at radius 2 is 2.00 bits per heavy atom. The fourth-order valence-electron chi connectivity index (χ4n) is 1.98. The summed E-state index contributed by atoms with van der Waals surface area (Å²) in [6.45, 7) is 6.76. The van der Waals surface area contributed by atoms with Crippen LogP contribution in [0, 0.1) is 5.82 Å². The monoisotopic (exact) mass is 379 g/mol. The first-order chi connectivity index (χ1) is 11.9. The number of rotatable bonds is 6. The molecule has 0 aromatic heterocycles. The van der Waals surface area contributed by atoms with Crippen LogP contribution >= 0.6 is 24.0 Å². The highest BCUT2D eigenvalue weighted by Gasteiger charge is 2.34. The number of imide groups is 1. The van der Waals surface area contributed by atoms with E-state index in [0.29, 0.717) is 28.7 Å². The van der Waals surface area contributed by atoms with Gasteiger partial charge in [0.2, 0.25) is 0 Å². The Morgan fingerprint density at radius 1 is 1.32 bits per heavy atom. The molecule has 0 atom stereocenters. The van der Waals surface area contributed by atoms with E-state index in [1.54, 1.807) is 18.2 Å². The number of thioether (sulfide) groups is 1. The number of carbonyl (C=O) groups is 2. The second-order valence-electron chi connectivity index (χ2n) is 5.45. The van der Waals surface area contributed by atoms with Crippen molar-refractivity contribution >= 4 is 46.3 Å². The van der Waals surface area contributed by atoms with Crippen molar-refractivity contribution in [2.45, 2.75) is 6.92 Å². The topological polar surface area (TPSA) is 61.4 Å². The van der Waals surface area contributed by atoms with E-state index in [2.05, 4.69) is 17.2 Å². The molecular formula is C17H18FN3O2S2. The molecule has 8 heteroatoms. The molecule has 0 spiro atoms. The lowest BCUT2D eigenvalue weighted by molar-refractivity contribution is -0.122. The van der Waals surface area contributed by atoms with E-state index in [9.17, 15) is 14.0 Å². The molecule has 0 saturated carbocycles. The van der Waals surface area contributed by atoms with Gasteiger partial charge in [-0.2, -0.15) is 0 Å². The smallest absolute Gasteiger partial charge is 0.293 e. The van der Waals surface area contributed by atoms with Gasteiger partial charge in [0.1, 0.15) is 5.82 Å².